The van der Waals surface area contributed by atoms with E-state index >= 15 is 0 Å². The number of hydrogen-bond donors (Lipinski definition) is 0. The van der Waals surface area contributed by atoms with Crippen molar-refractivity contribution in [3.05, 3.63) is 48.9 Å². The van der Waals surface area contributed by atoms with Crippen LogP contribution in [-0.2, 0) is 18.3 Å². The Labute approximate surface area is 204 Å². The molecule has 9 heteroatoms. The minimum absolute atomic E-state index is 0.459. The first-order valence-corrected chi connectivity index (χ1v) is 12.3. The van der Waals surface area contributed by atoms with Crippen molar-refractivity contribution in [2.75, 3.05) is 26.2 Å². The number of benzene rings is 2. The van der Waals surface area contributed by atoms with Crippen LogP contribution in [0.1, 0.15) is 19.8 Å². The molecular weight excluding hydrogens is 444 g/mol. The van der Waals surface area contributed by atoms with Gasteiger partial charge in [-0.1, -0.05) is 0 Å². The Hall–Kier alpha value is -3.43. The fourth-order valence-corrected chi connectivity index (χ4v) is 5.03. The Morgan fingerprint density at radius 1 is 1.09 bits per heavy atom. The summed E-state index contributed by atoms with van der Waals surface area (Å²) in [6.45, 7) is 6.73. The van der Waals surface area contributed by atoms with Crippen molar-refractivity contribution in [3.63, 3.8) is 0 Å². The van der Waals surface area contributed by atoms with Crippen LogP contribution in [0.4, 0.5) is 0 Å². The van der Waals surface area contributed by atoms with Gasteiger partial charge in [0.15, 0.2) is 11.6 Å². The summed E-state index contributed by atoms with van der Waals surface area (Å²) in [6, 6.07) is 11.9. The molecule has 9 nitrogen and oxygen atoms in total. The van der Waals surface area contributed by atoms with Crippen LogP contribution in [0.15, 0.2) is 48.9 Å². The van der Waals surface area contributed by atoms with Gasteiger partial charge in [0, 0.05) is 50.6 Å². The molecule has 35 heavy (non-hydrogen) atoms. The SMILES string of the molecule is CCn1cnnc1-c1cc(Oc2ccc(OCCCN3CC4CC(C3)O4)cc2)c2c(cnn2C)c1. The zero-order valence-electron chi connectivity index (χ0n) is 20.1. The lowest BCUT2D eigenvalue weighted by Gasteiger charge is -2.47. The molecular formula is C26H30N6O3. The van der Waals surface area contributed by atoms with E-state index in [0.29, 0.717) is 18.8 Å². The van der Waals surface area contributed by atoms with Crippen LogP contribution >= 0.6 is 0 Å². The summed E-state index contributed by atoms with van der Waals surface area (Å²) in [6.07, 6.45) is 6.74. The lowest BCUT2D eigenvalue weighted by molar-refractivity contribution is -0.180. The Morgan fingerprint density at radius 3 is 2.63 bits per heavy atom. The van der Waals surface area contributed by atoms with Crippen LogP contribution in [-0.4, -0.2) is 67.9 Å². The highest BCUT2D eigenvalue weighted by molar-refractivity contribution is 5.89. The van der Waals surface area contributed by atoms with Gasteiger partial charge >= 0.3 is 0 Å². The summed E-state index contributed by atoms with van der Waals surface area (Å²) in [5.74, 6) is 3.11. The third-order valence-electron chi connectivity index (χ3n) is 6.79. The minimum atomic E-state index is 0.459. The monoisotopic (exact) mass is 474 g/mol. The average molecular weight is 475 g/mol. The predicted octanol–water partition coefficient (Wildman–Crippen LogP) is 3.89. The second kappa shape index (κ2) is 9.31. The highest BCUT2D eigenvalue weighted by atomic mass is 16.5. The molecule has 0 saturated carbocycles. The largest absolute Gasteiger partial charge is 0.494 e. The maximum Gasteiger partial charge on any atom is 0.163 e. The van der Waals surface area contributed by atoms with E-state index in [2.05, 4.69) is 33.2 Å². The number of rotatable bonds is 9. The molecule has 0 amide bonds. The van der Waals surface area contributed by atoms with Crippen LogP contribution in [0.2, 0.25) is 0 Å². The van der Waals surface area contributed by atoms with E-state index in [0.717, 1.165) is 72.1 Å². The lowest BCUT2D eigenvalue weighted by atomic mass is 9.99. The zero-order chi connectivity index (χ0) is 23.8. The van der Waals surface area contributed by atoms with E-state index in [4.69, 9.17) is 14.2 Å². The summed E-state index contributed by atoms with van der Waals surface area (Å²) < 4.78 is 21.8. The number of fused-ring (bicyclic) bond motifs is 3. The number of hydrogen-bond acceptors (Lipinski definition) is 7. The summed E-state index contributed by atoms with van der Waals surface area (Å²) in [4.78, 5) is 2.49. The van der Waals surface area contributed by atoms with E-state index in [1.807, 2.05) is 52.8 Å². The van der Waals surface area contributed by atoms with E-state index in [1.165, 1.54) is 6.42 Å². The van der Waals surface area contributed by atoms with Gasteiger partial charge in [-0.25, -0.2) is 0 Å². The molecule has 2 aromatic carbocycles. The molecule has 2 unspecified atom stereocenters. The molecule has 0 spiro atoms. The van der Waals surface area contributed by atoms with E-state index in [-0.39, 0.29) is 0 Å². The maximum absolute atomic E-state index is 6.32. The lowest BCUT2D eigenvalue weighted by Crippen LogP contribution is -2.57. The average Bonchev–Trinajstić information content (AvgIpc) is 3.49. The number of piperidine rings is 1. The molecule has 0 aliphatic carbocycles. The fraction of sp³-hybridized carbons (Fsp3) is 0.423. The van der Waals surface area contributed by atoms with Gasteiger partial charge < -0.3 is 18.8 Å². The molecule has 5 heterocycles. The van der Waals surface area contributed by atoms with E-state index < -0.39 is 0 Å². The van der Waals surface area contributed by atoms with Gasteiger partial charge in [0.25, 0.3) is 0 Å². The Morgan fingerprint density at radius 2 is 1.86 bits per heavy atom. The van der Waals surface area contributed by atoms with Crippen molar-refractivity contribution in [1.82, 2.24) is 29.4 Å². The van der Waals surface area contributed by atoms with Gasteiger partial charge in [-0.05, 0) is 49.7 Å². The van der Waals surface area contributed by atoms with Crippen molar-refractivity contribution in [2.24, 2.45) is 7.05 Å². The molecule has 0 radical (unpaired) electrons. The van der Waals surface area contributed by atoms with Crippen molar-refractivity contribution in [1.29, 1.82) is 0 Å². The fourth-order valence-electron chi connectivity index (χ4n) is 5.03. The molecule has 0 N–H and O–H groups in total. The second-order valence-corrected chi connectivity index (χ2v) is 9.27. The number of aryl methyl sites for hydroxylation is 2. The first kappa shape index (κ1) is 22.1. The molecule has 2 atom stereocenters. The van der Waals surface area contributed by atoms with Crippen LogP contribution in [0.3, 0.4) is 0 Å². The zero-order valence-corrected chi connectivity index (χ0v) is 20.1. The molecule has 3 fully saturated rings. The molecule has 4 aromatic rings. The van der Waals surface area contributed by atoms with Gasteiger partial charge in [0.1, 0.15) is 23.3 Å². The summed E-state index contributed by atoms with van der Waals surface area (Å²) in [7, 11) is 1.92. The maximum atomic E-state index is 6.32. The molecule has 3 aliphatic heterocycles. The molecule has 2 bridgehead atoms. The molecule has 2 aromatic heterocycles. The second-order valence-electron chi connectivity index (χ2n) is 9.27. The van der Waals surface area contributed by atoms with Crippen molar-refractivity contribution in [3.8, 4) is 28.6 Å². The summed E-state index contributed by atoms with van der Waals surface area (Å²) >= 11 is 0. The minimum Gasteiger partial charge on any atom is -0.494 e. The highest BCUT2D eigenvalue weighted by Gasteiger charge is 2.37. The topological polar surface area (TPSA) is 79.5 Å². The third-order valence-corrected chi connectivity index (χ3v) is 6.79. The third kappa shape index (κ3) is 4.49. The smallest absolute Gasteiger partial charge is 0.163 e. The van der Waals surface area contributed by atoms with Crippen LogP contribution in [0.5, 0.6) is 17.2 Å². The van der Waals surface area contributed by atoms with Crippen LogP contribution < -0.4 is 9.47 Å². The number of nitrogens with zero attached hydrogens (tertiary/aromatic N) is 6. The van der Waals surface area contributed by atoms with Gasteiger partial charge in [0.2, 0.25) is 0 Å². The highest BCUT2D eigenvalue weighted by Crippen LogP contribution is 2.35. The first-order chi connectivity index (χ1) is 17.2. The Kier molecular flexibility index (Phi) is 5.87. The van der Waals surface area contributed by atoms with E-state index in [9.17, 15) is 0 Å². The summed E-state index contributed by atoms with van der Waals surface area (Å²) in [5.41, 5.74) is 1.87. The van der Waals surface area contributed by atoms with Gasteiger partial charge in [0.05, 0.1) is 25.0 Å². The van der Waals surface area contributed by atoms with Gasteiger partial charge in [-0.2, -0.15) is 5.10 Å². The van der Waals surface area contributed by atoms with Gasteiger partial charge in [-0.3, -0.25) is 9.58 Å². The van der Waals surface area contributed by atoms with Crippen molar-refractivity contribution in [2.45, 2.75) is 38.5 Å². The number of morpholine rings is 1. The number of aromatic nitrogens is 5. The summed E-state index contributed by atoms with van der Waals surface area (Å²) in [5, 5.41) is 13.8. The standard InChI is InChI=1S/C26H30N6O3/c1-3-32-17-27-29-26(32)18-11-19-14-28-30(2)25(19)24(12-18)35-21-7-5-20(6-8-21)33-10-4-9-31-15-22-13-23(16-31)34-22/h5-8,11-12,14,17,22-23H,3-4,9-10,13,15-16H2,1-2H3. The van der Waals surface area contributed by atoms with Crippen LogP contribution in [0.25, 0.3) is 22.3 Å². The van der Waals surface area contributed by atoms with E-state index in [1.54, 1.807) is 6.33 Å². The quantitative estimate of drug-likeness (QED) is 0.341. The van der Waals surface area contributed by atoms with Gasteiger partial charge in [-0.15, -0.1) is 10.2 Å². The Balaban J connectivity index is 1.12. The van der Waals surface area contributed by atoms with Crippen molar-refractivity contribution >= 4 is 10.9 Å². The molecule has 182 valence electrons. The number of ether oxygens (including phenoxy) is 3. The molecule has 3 saturated heterocycles. The normalized spacial score (nSPS) is 19.6. The molecule has 7 rings (SSSR count). The Bertz CT molecular complexity index is 1300. The molecule has 3 aliphatic rings. The predicted molar refractivity (Wildman–Crippen MR) is 132 cm³/mol. The van der Waals surface area contributed by atoms with Crippen LogP contribution in [0, 0.1) is 0 Å². The first-order valence-electron chi connectivity index (χ1n) is 12.3. The van der Waals surface area contributed by atoms with Crippen molar-refractivity contribution < 1.29 is 14.2 Å².